The molecule has 0 radical (unpaired) electrons. The van der Waals surface area contributed by atoms with Crippen molar-refractivity contribution in [1.29, 1.82) is 0 Å². The Morgan fingerprint density at radius 2 is 1.86 bits per heavy atom. The van der Waals surface area contributed by atoms with Gasteiger partial charge in [-0.2, -0.15) is 0 Å². The Bertz CT molecular complexity index is 1160. The lowest BCUT2D eigenvalue weighted by Gasteiger charge is -2.37. The molecule has 190 valence electrons. The van der Waals surface area contributed by atoms with Crippen LogP contribution >= 0.6 is 0 Å². The van der Waals surface area contributed by atoms with Crippen molar-refractivity contribution in [3.05, 3.63) is 47.5 Å². The number of benzene rings is 2. The molecule has 6 rings (SSSR count). The summed E-state index contributed by atoms with van der Waals surface area (Å²) in [4.78, 5) is 25.2. The van der Waals surface area contributed by atoms with Crippen LogP contribution in [0.15, 0.2) is 36.4 Å². The summed E-state index contributed by atoms with van der Waals surface area (Å²) in [5.74, 6) is 2.12. The third-order valence-corrected chi connectivity index (χ3v) is 7.58. The van der Waals surface area contributed by atoms with Gasteiger partial charge in [0, 0.05) is 29.6 Å². The van der Waals surface area contributed by atoms with Crippen molar-refractivity contribution in [3.8, 4) is 17.2 Å². The van der Waals surface area contributed by atoms with E-state index in [4.69, 9.17) is 18.9 Å². The van der Waals surface area contributed by atoms with Crippen molar-refractivity contribution in [1.82, 2.24) is 5.32 Å². The van der Waals surface area contributed by atoms with Gasteiger partial charge in [-0.3, -0.25) is 9.59 Å². The van der Waals surface area contributed by atoms with E-state index in [0.29, 0.717) is 24.5 Å². The first-order valence-corrected chi connectivity index (χ1v) is 12.6. The van der Waals surface area contributed by atoms with Crippen LogP contribution in [0.4, 0.5) is 5.69 Å². The Morgan fingerprint density at radius 3 is 2.67 bits per heavy atom. The van der Waals surface area contributed by atoms with E-state index in [2.05, 4.69) is 10.6 Å². The van der Waals surface area contributed by atoms with Crippen molar-refractivity contribution in [3.63, 3.8) is 0 Å². The Morgan fingerprint density at radius 1 is 1.03 bits per heavy atom. The average Bonchev–Trinajstić information content (AvgIpc) is 3.45. The van der Waals surface area contributed by atoms with E-state index in [1.807, 2.05) is 36.4 Å². The first-order chi connectivity index (χ1) is 17.6. The molecule has 2 fully saturated rings. The highest BCUT2D eigenvalue weighted by atomic mass is 16.7. The lowest BCUT2D eigenvalue weighted by atomic mass is 9.83. The largest absolute Gasteiger partial charge is 0.487 e. The number of aliphatic hydroxyl groups is 1. The number of carbonyl (C=O) groups is 2. The molecule has 3 heterocycles. The standard InChI is InChI=1S/C27H30N2O7/c30-13-24-26-20(19-9-17(5-7-21(19)36-26)29-27(32)16-2-1-3-16)10-18(35-24)11-25(31)28-12-15-4-6-22-23(8-15)34-14-33-22/h4-9,16,18,20,24,26,30H,1-3,10-14H2,(H,28,31)(H,29,32)/t18-,20-,24-,26+/m1/s1. The lowest BCUT2D eigenvalue weighted by molar-refractivity contribution is -0.142. The van der Waals surface area contributed by atoms with Crippen molar-refractivity contribution >= 4 is 17.5 Å². The predicted molar refractivity (Wildman–Crippen MR) is 129 cm³/mol. The molecule has 0 bridgehead atoms. The van der Waals surface area contributed by atoms with Gasteiger partial charge in [0.1, 0.15) is 18.0 Å². The Kier molecular flexibility index (Phi) is 6.18. The van der Waals surface area contributed by atoms with Crippen LogP contribution in [-0.4, -0.2) is 48.6 Å². The number of hydrogen-bond acceptors (Lipinski definition) is 7. The van der Waals surface area contributed by atoms with E-state index >= 15 is 0 Å². The molecule has 9 heteroatoms. The van der Waals surface area contributed by atoms with E-state index in [9.17, 15) is 14.7 Å². The van der Waals surface area contributed by atoms with Gasteiger partial charge < -0.3 is 34.7 Å². The summed E-state index contributed by atoms with van der Waals surface area (Å²) in [5, 5.41) is 16.0. The zero-order chi connectivity index (χ0) is 24.6. The number of anilines is 1. The second-order valence-corrected chi connectivity index (χ2v) is 9.94. The minimum absolute atomic E-state index is 0.0295. The quantitative estimate of drug-likeness (QED) is 0.542. The molecule has 4 atom stereocenters. The number of aliphatic hydroxyl groups excluding tert-OH is 1. The molecule has 0 unspecified atom stereocenters. The van der Waals surface area contributed by atoms with Gasteiger partial charge in [0.05, 0.1) is 19.1 Å². The van der Waals surface area contributed by atoms with Crippen molar-refractivity contribution in [2.45, 2.75) is 62.9 Å². The molecule has 1 saturated carbocycles. The summed E-state index contributed by atoms with van der Waals surface area (Å²) in [7, 11) is 0. The van der Waals surface area contributed by atoms with Crippen molar-refractivity contribution in [2.75, 3.05) is 18.7 Å². The van der Waals surface area contributed by atoms with Gasteiger partial charge in [-0.25, -0.2) is 0 Å². The molecule has 4 aliphatic rings. The molecule has 9 nitrogen and oxygen atoms in total. The maximum absolute atomic E-state index is 12.7. The monoisotopic (exact) mass is 494 g/mol. The summed E-state index contributed by atoms with van der Waals surface area (Å²) in [6, 6.07) is 11.3. The molecule has 2 aromatic carbocycles. The van der Waals surface area contributed by atoms with E-state index in [1.165, 1.54) is 0 Å². The van der Waals surface area contributed by atoms with Crippen molar-refractivity contribution in [2.24, 2.45) is 5.92 Å². The smallest absolute Gasteiger partial charge is 0.231 e. The van der Waals surface area contributed by atoms with E-state index < -0.39 is 6.10 Å². The van der Waals surface area contributed by atoms with Gasteiger partial charge >= 0.3 is 0 Å². The fourth-order valence-corrected chi connectivity index (χ4v) is 5.41. The van der Waals surface area contributed by atoms with Crippen LogP contribution in [0.2, 0.25) is 0 Å². The molecule has 3 N–H and O–H groups in total. The van der Waals surface area contributed by atoms with Crippen LogP contribution in [0.25, 0.3) is 0 Å². The SMILES string of the molecule is O=C(C[C@H]1C[C@@H]2c3cc(NC(=O)C4CCC4)ccc3O[C@@H]2[C@@H](CO)O1)NCc1ccc2c(c1)OCO2. The minimum atomic E-state index is -0.532. The third-order valence-electron chi connectivity index (χ3n) is 7.58. The normalized spacial score (nSPS) is 25.8. The Labute approximate surface area is 209 Å². The first kappa shape index (κ1) is 23.1. The number of rotatable bonds is 7. The highest BCUT2D eigenvalue weighted by Gasteiger charge is 2.46. The molecule has 2 aromatic rings. The van der Waals surface area contributed by atoms with Gasteiger partial charge in [0.2, 0.25) is 18.6 Å². The Balaban J connectivity index is 1.10. The first-order valence-electron chi connectivity index (χ1n) is 12.6. The van der Waals surface area contributed by atoms with E-state index in [1.54, 1.807) is 0 Å². The van der Waals surface area contributed by atoms with Crippen LogP contribution in [0, 0.1) is 5.92 Å². The minimum Gasteiger partial charge on any atom is -0.487 e. The highest BCUT2D eigenvalue weighted by Crippen LogP contribution is 2.47. The second-order valence-electron chi connectivity index (χ2n) is 9.94. The Hall–Kier alpha value is -3.30. The van der Waals surface area contributed by atoms with Crippen LogP contribution < -0.4 is 24.8 Å². The highest BCUT2D eigenvalue weighted by molar-refractivity contribution is 5.93. The molecule has 1 saturated heterocycles. The van der Waals surface area contributed by atoms with Gasteiger partial charge in [0.15, 0.2) is 11.5 Å². The van der Waals surface area contributed by atoms with Gasteiger partial charge in [-0.1, -0.05) is 12.5 Å². The van der Waals surface area contributed by atoms with Gasteiger partial charge in [-0.05, 0) is 55.2 Å². The van der Waals surface area contributed by atoms with Crippen molar-refractivity contribution < 1.29 is 33.6 Å². The van der Waals surface area contributed by atoms with Gasteiger partial charge in [-0.15, -0.1) is 0 Å². The van der Waals surface area contributed by atoms with Crippen LogP contribution in [-0.2, 0) is 20.9 Å². The molecule has 0 spiro atoms. The molecule has 0 aromatic heterocycles. The second kappa shape index (κ2) is 9.63. The number of carbonyl (C=O) groups excluding carboxylic acids is 2. The van der Waals surface area contributed by atoms with E-state index in [0.717, 1.165) is 41.8 Å². The summed E-state index contributed by atoms with van der Waals surface area (Å²) in [6.07, 6.45) is 2.54. The summed E-state index contributed by atoms with van der Waals surface area (Å²) < 4.78 is 22.9. The molecule has 2 amide bonds. The molecular weight excluding hydrogens is 464 g/mol. The number of nitrogens with one attached hydrogen (secondary N) is 2. The number of hydrogen-bond donors (Lipinski definition) is 3. The summed E-state index contributed by atoms with van der Waals surface area (Å²) in [5.41, 5.74) is 2.65. The average molecular weight is 495 g/mol. The lowest BCUT2D eigenvalue weighted by Crippen LogP contribution is -2.47. The molecular formula is C27H30N2O7. The fraction of sp³-hybridized carbons (Fsp3) is 0.481. The summed E-state index contributed by atoms with van der Waals surface area (Å²) >= 11 is 0. The zero-order valence-corrected chi connectivity index (χ0v) is 19.9. The maximum Gasteiger partial charge on any atom is 0.231 e. The number of amides is 2. The number of fused-ring (bicyclic) bond motifs is 4. The predicted octanol–water partition coefficient (Wildman–Crippen LogP) is 2.85. The molecule has 36 heavy (non-hydrogen) atoms. The molecule has 3 aliphatic heterocycles. The third kappa shape index (κ3) is 4.49. The summed E-state index contributed by atoms with van der Waals surface area (Å²) in [6.45, 7) is 0.378. The zero-order valence-electron chi connectivity index (χ0n) is 19.9. The van der Waals surface area contributed by atoms with Crippen LogP contribution in [0.1, 0.15) is 49.1 Å². The van der Waals surface area contributed by atoms with Gasteiger partial charge in [0.25, 0.3) is 0 Å². The topological polar surface area (TPSA) is 115 Å². The number of ether oxygens (including phenoxy) is 4. The van der Waals surface area contributed by atoms with Crippen LogP contribution in [0.3, 0.4) is 0 Å². The molecule has 1 aliphatic carbocycles. The van der Waals surface area contributed by atoms with Crippen LogP contribution in [0.5, 0.6) is 17.2 Å². The van der Waals surface area contributed by atoms with E-state index in [-0.39, 0.29) is 55.7 Å². The maximum atomic E-state index is 12.7. The fourth-order valence-electron chi connectivity index (χ4n) is 5.41.